The Bertz CT molecular complexity index is 364. The molecule has 2 N–H and O–H groups in total. The number of benzene rings is 1. The van der Waals surface area contributed by atoms with Crippen molar-refractivity contribution in [2.24, 2.45) is 0 Å². The number of methoxy groups -OCH3 is 2. The number of nitrogen functional groups attached to an aromatic ring is 1. The number of rotatable bonds is 4. The van der Waals surface area contributed by atoms with Crippen molar-refractivity contribution in [3.63, 3.8) is 0 Å². The molecule has 0 radical (unpaired) electrons. The van der Waals surface area contributed by atoms with Gasteiger partial charge in [-0.1, -0.05) is 11.6 Å². The molecular formula is C10H12ClNO3. The number of carbonyl (C=O) groups is 1. The highest BCUT2D eigenvalue weighted by molar-refractivity contribution is 6.31. The quantitative estimate of drug-likeness (QED) is 0.485. The van der Waals surface area contributed by atoms with Crippen LogP contribution >= 0.6 is 11.6 Å². The number of hydrogen-bond acceptors (Lipinski definition) is 4. The van der Waals surface area contributed by atoms with E-state index in [0.717, 1.165) is 0 Å². The lowest BCUT2D eigenvalue weighted by Crippen LogP contribution is -2.25. The molecule has 0 unspecified atom stereocenters. The Morgan fingerprint density at radius 3 is 2.47 bits per heavy atom. The Morgan fingerprint density at radius 1 is 1.40 bits per heavy atom. The van der Waals surface area contributed by atoms with Gasteiger partial charge in [0.15, 0.2) is 0 Å². The molecule has 5 heteroatoms. The van der Waals surface area contributed by atoms with Gasteiger partial charge in [-0.05, 0) is 18.2 Å². The first-order chi connectivity index (χ1) is 7.10. The van der Waals surface area contributed by atoms with Gasteiger partial charge in [0, 0.05) is 30.5 Å². The van der Waals surface area contributed by atoms with Gasteiger partial charge >= 0.3 is 0 Å². The third kappa shape index (κ3) is 2.68. The number of anilines is 1. The molecule has 1 aromatic carbocycles. The summed E-state index contributed by atoms with van der Waals surface area (Å²) < 4.78 is 9.68. The van der Waals surface area contributed by atoms with Crippen LogP contribution in [-0.2, 0) is 9.47 Å². The summed E-state index contributed by atoms with van der Waals surface area (Å²) in [6, 6.07) is 4.65. The summed E-state index contributed by atoms with van der Waals surface area (Å²) in [4.78, 5) is 11.8. The van der Waals surface area contributed by atoms with E-state index < -0.39 is 6.29 Å². The molecule has 0 aliphatic carbocycles. The van der Waals surface area contributed by atoms with Crippen LogP contribution in [0.1, 0.15) is 10.4 Å². The van der Waals surface area contributed by atoms with Gasteiger partial charge in [-0.2, -0.15) is 0 Å². The first-order valence-corrected chi connectivity index (χ1v) is 4.62. The monoisotopic (exact) mass is 229 g/mol. The van der Waals surface area contributed by atoms with Crippen molar-refractivity contribution in [2.45, 2.75) is 6.29 Å². The summed E-state index contributed by atoms with van der Waals surface area (Å²) >= 11 is 5.72. The zero-order valence-corrected chi connectivity index (χ0v) is 9.25. The van der Waals surface area contributed by atoms with E-state index in [1.165, 1.54) is 20.3 Å². The molecule has 1 aromatic rings. The smallest absolute Gasteiger partial charge is 0.222 e. The molecule has 82 valence electrons. The van der Waals surface area contributed by atoms with Crippen LogP contribution in [0.3, 0.4) is 0 Å². The van der Waals surface area contributed by atoms with Crippen molar-refractivity contribution in [1.82, 2.24) is 0 Å². The average Bonchev–Trinajstić information content (AvgIpc) is 2.19. The summed E-state index contributed by atoms with van der Waals surface area (Å²) in [5.41, 5.74) is 6.31. The molecule has 0 saturated carbocycles. The van der Waals surface area contributed by atoms with Crippen LogP contribution < -0.4 is 5.73 Å². The minimum atomic E-state index is -0.937. The van der Waals surface area contributed by atoms with Crippen molar-refractivity contribution in [3.05, 3.63) is 28.8 Å². The maximum absolute atomic E-state index is 11.8. The van der Waals surface area contributed by atoms with E-state index in [2.05, 4.69) is 0 Å². The van der Waals surface area contributed by atoms with Crippen LogP contribution in [0, 0.1) is 0 Å². The maximum Gasteiger partial charge on any atom is 0.222 e. The minimum Gasteiger partial charge on any atom is -0.398 e. The van der Waals surface area contributed by atoms with Gasteiger partial charge in [0.05, 0.1) is 0 Å². The number of carbonyl (C=O) groups excluding carboxylic acids is 1. The Hall–Kier alpha value is -1.10. The SMILES string of the molecule is COC(OC)C(=O)c1ccc(Cl)cc1N. The lowest BCUT2D eigenvalue weighted by molar-refractivity contribution is -0.0741. The molecule has 0 aliphatic rings. The summed E-state index contributed by atoms with van der Waals surface area (Å²) in [5, 5.41) is 0.482. The molecular weight excluding hydrogens is 218 g/mol. The van der Waals surface area contributed by atoms with Gasteiger partial charge in [0.2, 0.25) is 12.1 Å². The molecule has 0 aromatic heterocycles. The van der Waals surface area contributed by atoms with Crippen molar-refractivity contribution in [3.8, 4) is 0 Å². The molecule has 0 fully saturated rings. The minimum absolute atomic E-state index is 0.312. The van der Waals surface area contributed by atoms with Crippen LogP contribution in [0.4, 0.5) is 5.69 Å². The van der Waals surface area contributed by atoms with Gasteiger partial charge < -0.3 is 15.2 Å². The zero-order chi connectivity index (χ0) is 11.4. The van der Waals surface area contributed by atoms with E-state index in [1.54, 1.807) is 12.1 Å². The number of ether oxygens (including phenoxy) is 2. The highest BCUT2D eigenvalue weighted by atomic mass is 35.5. The average molecular weight is 230 g/mol. The van der Waals surface area contributed by atoms with Crippen LogP contribution in [0.5, 0.6) is 0 Å². The third-order valence-electron chi connectivity index (χ3n) is 1.92. The normalized spacial score (nSPS) is 10.7. The molecule has 0 heterocycles. The van der Waals surface area contributed by atoms with Gasteiger partial charge in [-0.25, -0.2) is 0 Å². The molecule has 15 heavy (non-hydrogen) atoms. The van der Waals surface area contributed by atoms with Crippen LogP contribution in [0.2, 0.25) is 5.02 Å². The molecule has 0 saturated heterocycles. The number of halogens is 1. The molecule has 0 spiro atoms. The van der Waals surface area contributed by atoms with Gasteiger partial charge in [-0.15, -0.1) is 0 Å². The lowest BCUT2D eigenvalue weighted by Gasteiger charge is -2.13. The number of ketones is 1. The largest absolute Gasteiger partial charge is 0.398 e. The summed E-state index contributed by atoms with van der Waals surface area (Å²) in [7, 11) is 2.77. The van der Waals surface area contributed by atoms with E-state index in [4.69, 9.17) is 26.8 Å². The molecule has 0 amide bonds. The standard InChI is InChI=1S/C10H12ClNO3/c1-14-10(15-2)9(13)7-4-3-6(11)5-8(7)12/h3-5,10H,12H2,1-2H3. The van der Waals surface area contributed by atoms with E-state index >= 15 is 0 Å². The lowest BCUT2D eigenvalue weighted by atomic mass is 10.1. The van der Waals surface area contributed by atoms with E-state index in [9.17, 15) is 4.79 Å². The second kappa shape index (κ2) is 5.11. The van der Waals surface area contributed by atoms with E-state index in [-0.39, 0.29) is 5.78 Å². The van der Waals surface area contributed by atoms with Gasteiger partial charge in [-0.3, -0.25) is 4.79 Å². The molecule has 0 bridgehead atoms. The van der Waals surface area contributed by atoms with Crippen LogP contribution in [0.15, 0.2) is 18.2 Å². The molecule has 0 aliphatic heterocycles. The fourth-order valence-electron chi connectivity index (χ4n) is 1.20. The van der Waals surface area contributed by atoms with Gasteiger partial charge in [0.1, 0.15) is 0 Å². The zero-order valence-electron chi connectivity index (χ0n) is 8.49. The highest BCUT2D eigenvalue weighted by Crippen LogP contribution is 2.20. The van der Waals surface area contributed by atoms with Gasteiger partial charge in [0.25, 0.3) is 0 Å². The summed E-state index contributed by atoms with van der Waals surface area (Å²) in [6.45, 7) is 0. The Morgan fingerprint density at radius 2 is 2.00 bits per heavy atom. The molecule has 0 atom stereocenters. The van der Waals surface area contributed by atoms with Crippen LogP contribution in [0.25, 0.3) is 0 Å². The van der Waals surface area contributed by atoms with Crippen molar-refractivity contribution >= 4 is 23.1 Å². The van der Waals surface area contributed by atoms with Crippen LogP contribution in [-0.4, -0.2) is 26.3 Å². The first kappa shape index (κ1) is 12.0. The van der Waals surface area contributed by atoms with Crippen molar-refractivity contribution in [1.29, 1.82) is 0 Å². The summed E-state index contributed by atoms with van der Waals surface area (Å²) in [5.74, 6) is -0.325. The Labute approximate surface area is 92.9 Å². The molecule has 4 nitrogen and oxygen atoms in total. The maximum atomic E-state index is 11.8. The number of nitrogens with two attached hydrogens (primary N) is 1. The first-order valence-electron chi connectivity index (χ1n) is 4.25. The summed E-state index contributed by atoms with van der Waals surface area (Å²) in [6.07, 6.45) is -0.937. The fourth-order valence-corrected chi connectivity index (χ4v) is 1.38. The third-order valence-corrected chi connectivity index (χ3v) is 2.16. The second-order valence-electron chi connectivity index (χ2n) is 2.90. The Kier molecular flexibility index (Phi) is 4.08. The number of Topliss-reactive ketones (excluding diaryl/α,β-unsaturated/α-hetero) is 1. The van der Waals surface area contributed by atoms with E-state index in [1.807, 2.05) is 0 Å². The highest BCUT2D eigenvalue weighted by Gasteiger charge is 2.20. The topological polar surface area (TPSA) is 61.5 Å². The van der Waals surface area contributed by atoms with Crippen molar-refractivity contribution in [2.75, 3.05) is 20.0 Å². The second-order valence-corrected chi connectivity index (χ2v) is 3.34. The molecule has 1 rings (SSSR count). The number of hydrogen-bond donors (Lipinski definition) is 1. The Balaban J connectivity index is 3.00. The van der Waals surface area contributed by atoms with Crippen molar-refractivity contribution < 1.29 is 14.3 Å². The van der Waals surface area contributed by atoms with E-state index in [0.29, 0.717) is 16.3 Å². The predicted octanol–water partition coefficient (Wildman–Crippen LogP) is 1.72. The fraction of sp³-hybridized carbons (Fsp3) is 0.300. The predicted molar refractivity (Wildman–Crippen MR) is 58.0 cm³/mol.